The Morgan fingerprint density at radius 2 is 1.83 bits per heavy atom. The van der Waals surface area contributed by atoms with Crippen LogP contribution in [0.15, 0.2) is 48.8 Å². The van der Waals surface area contributed by atoms with Gasteiger partial charge in [-0.2, -0.15) is 0 Å². The molecule has 4 rings (SSSR count). The van der Waals surface area contributed by atoms with Gasteiger partial charge in [-0.1, -0.05) is 0 Å². The van der Waals surface area contributed by atoms with Crippen molar-refractivity contribution in [2.75, 3.05) is 50.1 Å². The fourth-order valence-electron chi connectivity index (χ4n) is 3.36. The van der Waals surface area contributed by atoms with Crippen LogP contribution in [0.5, 0.6) is 5.75 Å². The Balaban J connectivity index is 1.31. The van der Waals surface area contributed by atoms with E-state index in [1.807, 2.05) is 24.3 Å². The molecule has 9 nitrogen and oxygen atoms in total. The summed E-state index contributed by atoms with van der Waals surface area (Å²) in [7, 11) is 1.64. The van der Waals surface area contributed by atoms with Crippen molar-refractivity contribution in [1.29, 1.82) is 0 Å². The van der Waals surface area contributed by atoms with Crippen LogP contribution in [-0.4, -0.2) is 70.8 Å². The molecule has 30 heavy (non-hydrogen) atoms. The molecule has 3 aromatic rings. The van der Waals surface area contributed by atoms with Crippen molar-refractivity contribution < 1.29 is 13.9 Å². The summed E-state index contributed by atoms with van der Waals surface area (Å²) in [6.45, 7) is 2.71. The first-order chi connectivity index (χ1) is 14.6. The van der Waals surface area contributed by atoms with Gasteiger partial charge in [-0.05, 0) is 52.9 Å². The summed E-state index contributed by atoms with van der Waals surface area (Å²) in [6.07, 6.45) is 1.42. The van der Waals surface area contributed by atoms with Crippen LogP contribution in [0, 0.1) is 5.82 Å². The normalized spacial score (nSPS) is 13.9. The highest BCUT2D eigenvalue weighted by Crippen LogP contribution is 2.21. The lowest BCUT2D eigenvalue weighted by molar-refractivity contribution is -0.129. The Morgan fingerprint density at radius 3 is 2.50 bits per heavy atom. The molecule has 10 heteroatoms. The molecule has 1 aliphatic heterocycles. The molecule has 0 aliphatic carbocycles. The van der Waals surface area contributed by atoms with Gasteiger partial charge >= 0.3 is 0 Å². The molecule has 1 amide bonds. The molecule has 0 saturated carbocycles. The Kier molecular flexibility index (Phi) is 5.73. The molecule has 1 fully saturated rings. The van der Waals surface area contributed by atoms with E-state index in [4.69, 9.17) is 4.74 Å². The third kappa shape index (κ3) is 4.32. The topological polar surface area (TPSA) is 88.4 Å². The number of nitrogens with zero attached hydrogens (tertiary/aromatic N) is 6. The number of carbonyl (C=O) groups is 1. The predicted molar refractivity (Wildman–Crippen MR) is 109 cm³/mol. The number of halogens is 1. The fourth-order valence-corrected chi connectivity index (χ4v) is 3.36. The molecule has 1 saturated heterocycles. The Morgan fingerprint density at radius 1 is 1.10 bits per heavy atom. The van der Waals surface area contributed by atoms with Crippen LogP contribution in [0.1, 0.15) is 0 Å². The zero-order chi connectivity index (χ0) is 20.9. The Bertz CT molecular complexity index is 987. The van der Waals surface area contributed by atoms with Gasteiger partial charge in [-0.25, -0.2) is 9.07 Å². The first-order valence-corrected chi connectivity index (χ1v) is 9.57. The van der Waals surface area contributed by atoms with Gasteiger partial charge in [0.1, 0.15) is 17.9 Å². The number of methoxy groups -OCH3 is 1. The van der Waals surface area contributed by atoms with Crippen molar-refractivity contribution in [3.8, 4) is 11.4 Å². The van der Waals surface area contributed by atoms with Gasteiger partial charge in [0.15, 0.2) is 0 Å². The predicted octanol–water partition coefficient (Wildman–Crippen LogP) is 1.57. The summed E-state index contributed by atoms with van der Waals surface area (Å²) in [6, 6.07) is 12.3. The number of anilines is 2. The number of aromatic nitrogens is 4. The van der Waals surface area contributed by atoms with Crippen LogP contribution < -0.4 is 15.0 Å². The van der Waals surface area contributed by atoms with Crippen LogP contribution in [0.3, 0.4) is 0 Å². The summed E-state index contributed by atoms with van der Waals surface area (Å²) in [4.78, 5) is 16.6. The highest BCUT2D eigenvalue weighted by atomic mass is 19.1. The summed E-state index contributed by atoms with van der Waals surface area (Å²) < 4.78 is 20.7. The van der Waals surface area contributed by atoms with Gasteiger partial charge in [-0.15, -0.1) is 5.10 Å². The lowest BCUT2D eigenvalue weighted by Gasteiger charge is -2.36. The first kappa shape index (κ1) is 19.6. The van der Waals surface area contributed by atoms with Crippen LogP contribution in [-0.2, 0) is 4.79 Å². The number of benzene rings is 2. The van der Waals surface area contributed by atoms with Crippen molar-refractivity contribution in [3.63, 3.8) is 0 Å². The average molecular weight is 411 g/mol. The average Bonchev–Trinajstić information content (AvgIpc) is 3.33. The molecule has 1 aromatic heterocycles. The minimum Gasteiger partial charge on any atom is -0.497 e. The van der Waals surface area contributed by atoms with E-state index in [9.17, 15) is 9.18 Å². The number of hydrogen-bond donors (Lipinski definition) is 1. The second-order valence-electron chi connectivity index (χ2n) is 6.84. The lowest BCUT2D eigenvalue weighted by Crippen LogP contribution is -2.50. The summed E-state index contributed by atoms with van der Waals surface area (Å²) in [5, 5.41) is 13.8. The zero-order valence-electron chi connectivity index (χ0n) is 16.5. The standard InChI is InChI=1S/C20H22FN7O2/c1-30-17-5-2-15(3-6-17)26-8-10-27(11-9-26)20(29)13-22-19-12-16(4-7-18(19)21)28-14-23-24-25-28/h2-7,12,14,22H,8-11,13H2,1H3. The molecule has 1 N–H and O–H groups in total. The minimum absolute atomic E-state index is 0.0124. The van der Waals surface area contributed by atoms with E-state index in [0.29, 0.717) is 18.8 Å². The van der Waals surface area contributed by atoms with Crippen LogP contribution in [0.2, 0.25) is 0 Å². The van der Waals surface area contributed by atoms with E-state index < -0.39 is 5.82 Å². The number of rotatable bonds is 6. The number of hydrogen-bond acceptors (Lipinski definition) is 7. The van der Waals surface area contributed by atoms with Gasteiger partial charge < -0.3 is 19.9 Å². The quantitative estimate of drug-likeness (QED) is 0.659. The van der Waals surface area contributed by atoms with E-state index >= 15 is 0 Å². The number of nitrogens with one attached hydrogen (secondary N) is 1. The van der Waals surface area contributed by atoms with Crippen LogP contribution in [0.4, 0.5) is 15.8 Å². The van der Waals surface area contributed by atoms with E-state index in [2.05, 4.69) is 25.7 Å². The van der Waals surface area contributed by atoms with Crippen molar-refractivity contribution in [3.05, 3.63) is 54.6 Å². The molecule has 156 valence electrons. The van der Waals surface area contributed by atoms with Crippen LogP contribution in [0.25, 0.3) is 5.69 Å². The van der Waals surface area contributed by atoms with Gasteiger partial charge in [0.25, 0.3) is 0 Å². The number of ether oxygens (including phenoxy) is 1. The Labute approximate surface area is 173 Å². The minimum atomic E-state index is -0.441. The molecular formula is C20H22FN7O2. The maximum Gasteiger partial charge on any atom is 0.241 e. The van der Waals surface area contributed by atoms with Crippen molar-refractivity contribution in [2.24, 2.45) is 0 Å². The van der Waals surface area contributed by atoms with Gasteiger partial charge in [0.2, 0.25) is 5.91 Å². The molecular weight excluding hydrogens is 389 g/mol. The third-order valence-electron chi connectivity index (χ3n) is 5.06. The number of amides is 1. The van der Waals surface area contributed by atoms with Crippen molar-refractivity contribution >= 4 is 17.3 Å². The Hall–Kier alpha value is -3.69. The summed E-state index contributed by atoms with van der Waals surface area (Å²) in [5.41, 5.74) is 1.93. The molecule has 1 aliphatic rings. The van der Waals surface area contributed by atoms with Crippen molar-refractivity contribution in [1.82, 2.24) is 25.1 Å². The highest BCUT2D eigenvalue weighted by molar-refractivity contribution is 5.81. The van der Waals surface area contributed by atoms with Gasteiger partial charge in [0.05, 0.1) is 25.0 Å². The summed E-state index contributed by atoms with van der Waals surface area (Å²) >= 11 is 0. The van der Waals surface area contributed by atoms with E-state index in [1.165, 1.54) is 17.1 Å². The molecule has 0 atom stereocenters. The number of carbonyl (C=O) groups excluding carboxylic acids is 1. The molecule has 0 spiro atoms. The monoisotopic (exact) mass is 411 g/mol. The highest BCUT2D eigenvalue weighted by Gasteiger charge is 2.21. The molecule has 2 heterocycles. The van der Waals surface area contributed by atoms with Gasteiger partial charge in [0, 0.05) is 31.9 Å². The maximum absolute atomic E-state index is 14.1. The smallest absolute Gasteiger partial charge is 0.241 e. The zero-order valence-corrected chi connectivity index (χ0v) is 16.5. The molecule has 0 bridgehead atoms. The number of piperazine rings is 1. The largest absolute Gasteiger partial charge is 0.497 e. The van der Waals surface area contributed by atoms with Crippen molar-refractivity contribution in [2.45, 2.75) is 0 Å². The molecule has 0 radical (unpaired) electrons. The maximum atomic E-state index is 14.1. The molecule has 0 unspecified atom stereocenters. The second-order valence-corrected chi connectivity index (χ2v) is 6.84. The lowest BCUT2D eigenvalue weighted by atomic mass is 10.2. The van der Waals surface area contributed by atoms with E-state index in [-0.39, 0.29) is 18.1 Å². The van der Waals surface area contributed by atoms with Gasteiger partial charge in [-0.3, -0.25) is 4.79 Å². The number of tetrazole rings is 1. The fraction of sp³-hybridized carbons (Fsp3) is 0.300. The van der Waals surface area contributed by atoms with E-state index in [0.717, 1.165) is 24.5 Å². The van der Waals surface area contributed by atoms with Crippen LogP contribution >= 0.6 is 0 Å². The first-order valence-electron chi connectivity index (χ1n) is 9.57. The summed E-state index contributed by atoms with van der Waals surface area (Å²) in [5.74, 6) is 0.301. The molecule has 2 aromatic carbocycles. The second kappa shape index (κ2) is 8.76. The van der Waals surface area contributed by atoms with E-state index in [1.54, 1.807) is 24.1 Å². The SMILES string of the molecule is COc1ccc(N2CCN(C(=O)CNc3cc(-n4cnnn4)ccc3F)CC2)cc1. The third-order valence-corrected chi connectivity index (χ3v) is 5.06.